The first-order chi connectivity index (χ1) is 14.3. The Morgan fingerprint density at radius 3 is 2.33 bits per heavy atom. The van der Waals surface area contributed by atoms with E-state index < -0.39 is 28.3 Å². The van der Waals surface area contributed by atoms with E-state index in [9.17, 15) is 24.8 Å². The van der Waals surface area contributed by atoms with Gasteiger partial charge in [-0.15, -0.1) is 0 Å². The van der Waals surface area contributed by atoms with Crippen molar-refractivity contribution >= 4 is 29.2 Å². The predicted molar refractivity (Wildman–Crippen MR) is 105 cm³/mol. The lowest BCUT2D eigenvalue weighted by Gasteiger charge is -2.07. The van der Waals surface area contributed by atoms with Crippen LogP contribution in [0.2, 0.25) is 5.02 Å². The second-order valence-electron chi connectivity index (χ2n) is 5.88. The van der Waals surface area contributed by atoms with Crippen molar-refractivity contribution in [3.8, 4) is 22.7 Å². The first-order valence-corrected chi connectivity index (χ1v) is 8.70. The van der Waals surface area contributed by atoms with Crippen LogP contribution in [-0.4, -0.2) is 46.0 Å². The minimum atomic E-state index is -0.963. The molecule has 0 unspecified atom stereocenters. The van der Waals surface area contributed by atoms with Crippen molar-refractivity contribution in [2.75, 3.05) is 14.2 Å². The van der Waals surface area contributed by atoms with Gasteiger partial charge in [-0.25, -0.2) is 14.3 Å². The van der Waals surface area contributed by atoms with Crippen LogP contribution in [0.25, 0.3) is 16.9 Å². The van der Waals surface area contributed by atoms with Crippen molar-refractivity contribution < 1.29 is 29.1 Å². The Hall–Kier alpha value is -3.92. The van der Waals surface area contributed by atoms with Gasteiger partial charge in [0, 0.05) is 11.1 Å². The number of esters is 2. The summed E-state index contributed by atoms with van der Waals surface area (Å²) in [5.74, 6) is -2.65. The van der Waals surface area contributed by atoms with Crippen molar-refractivity contribution in [2.24, 2.45) is 0 Å². The number of carbonyl (C=O) groups excluding carboxylic acids is 2. The quantitative estimate of drug-likeness (QED) is 0.369. The molecule has 0 saturated carbocycles. The van der Waals surface area contributed by atoms with Crippen LogP contribution in [0.15, 0.2) is 42.5 Å². The average molecular weight is 432 g/mol. The summed E-state index contributed by atoms with van der Waals surface area (Å²) in [7, 11) is 2.21. The number of benzene rings is 2. The number of nitro benzene ring substituents is 1. The number of hydrogen-bond donors (Lipinski definition) is 1. The van der Waals surface area contributed by atoms with Crippen LogP contribution in [0.4, 0.5) is 5.69 Å². The van der Waals surface area contributed by atoms with Gasteiger partial charge in [0.05, 0.1) is 30.4 Å². The number of halogens is 1. The number of para-hydroxylation sites is 1. The van der Waals surface area contributed by atoms with Crippen molar-refractivity contribution in [1.82, 2.24) is 9.78 Å². The minimum absolute atomic E-state index is 0.0841. The molecule has 154 valence electrons. The summed E-state index contributed by atoms with van der Waals surface area (Å²) in [6, 6.07) is 10.5. The highest BCUT2D eigenvalue weighted by Crippen LogP contribution is 2.41. The molecule has 0 saturated heterocycles. The zero-order valence-corrected chi connectivity index (χ0v) is 16.4. The highest BCUT2D eigenvalue weighted by molar-refractivity contribution is 6.31. The van der Waals surface area contributed by atoms with Gasteiger partial charge in [-0.1, -0.05) is 29.8 Å². The molecule has 0 aliphatic rings. The van der Waals surface area contributed by atoms with Crippen molar-refractivity contribution in [2.45, 2.75) is 0 Å². The second-order valence-corrected chi connectivity index (χ2v) is 6.32. The highest BCUT2D eigenvalue weighted by Gasteiger charge is 2.34. The fraction of sp³-hybridized carbons (Fsp3) is 0.105. The summed E-state index contributed by atoms with van der Waals surface area (Å²) in [5.41, 5.74) is -1.40. The summed E-state index contributed by atoms with van der Waals surface area (Å²) in [5, 5.41) is 25.9. The Morgan fingerprint density at radius 2 is 1.77 bits per heavy atom. The summed E-state index contributed by atoms with van der Waals surface area (Å²) in [4.78, 5) is 35.6. The molecule has 0 aliphatic carbocycles. The monoisotopic (exact) mass is 431 g/mol. The van der Waals surface area contributed by atoms with Gasteiger partial charge in [0.25, 0.3) is 0 Å². The molecule has 2 aromatic carbocycles. The van der Waals surface area contributed by atoms with Crippen LogP contribution >= 0.6 is 11.6 Å². The molecule has 0 bridgehead atoms. The molecule has 0 amide bonds. The zero-order chi connectivity index (χ0) is 22.0. The van der Waals surface area contributed by atoms with Crippen molar-refractivity contribution in [1.29, 1.82) is 0 Å². The molecule has 0 radical (unpaired) electrons. The number of hydrogen-bond acceptors (Lipinski definition) is 8. The van der Waals surface area contributed by atoms with Crippen LogP contribution in [-0.2, 0) is 9.47 Å². The highest BCUT2D eigenvalue weighted by atomic mass is 35.5. The topological polar surface area (TPSA) is 134 Å². The third kappa shape index (κ3) is 3.55. The third-order valence-corrected chi connectivity index (χ3v) is 4.38. The lowest BCUT2D eigenvalue weighted by molar-refractivity contribution is -0.385. The maximum absolute atomic E-state index is 12.6. The van der Waals surface area contributed by atoms with Gasteiger partial charge in [-0.05, 0) is 18.2 Å². The molecule has 3 rings (SSSR count). The van der Waals surface area contributed by atoms with Crippen LogP contribution in [0.1, 0.15) is 20.8 Å². The molecule has 0 spiro atoms. The van der Waals surface area contributed by atoms with E-state index in [0.717, 1.165) is 25.0 Å². The number of rotatable bonds is 5. The summed E-state index contributed by atoms with van der Waals surface area (Å²) >= 11 is 5.98. The van der Waals surface area contributed by atoms with E-state index in [-0.39, 0.29) is 27.5 Å². The number of nitro groups is 1. The van der Waals surface area contributed by atoms with E-state index in [1.807, 2.05) is 0 Å². The zero-order valence-electron chi connectivity index (χ0n) is 15.7. The van der Waals surface area contributed by atoms with Crippen LogP contribution in [0.3, 0.4) is 0 Å². The number of aromatic nitrogens is 2. The molecule has 3 aromatic rings. The first-order valence-electron chi connectivity index (χ1n) is 8.32. The molecular weight excluding hydrogens is 418 g/mol. The Labute approximate surface area is 174 Å². The number of nitrogens with zero attached hydrogens (tertiary/aromatic N) is 3. The molecule has 0 fully saturated rings. The fourth-order valence-corrected chi connectivity index (χ4v) is 3.06. The summed E-state index contributed by atoms with van der Waals surface area (Å²) in [6.07, 6.45) is 0. The average Bonchev–Trinajstić information content (AvgIpc) is 3.14. The molecule has 0 atom stereocenters. The smallest absolute Gasteiger partial charge is 0.357 e. The van der Waals surface area contributed by atoms with Crippen LogP contribution in [0, 0.1) is 10.1 Å². The van der Waals surface area contributed by atoms with E-state index in [1.165, 1.54) is 6.07 Å². The van der Waals surface area contributed by atoms with Gasteiger partial charge in [0.15, 0.2) is 5.69 Å². The standard InChI is InChI=1S/C19H14ClN3O7/c1-29-18(25)14-15(12-8-10(20)9-13(17(12)24)23(27)28)21-22(16(14)19(26)30-2)11-6-4-3-5-7-11/h3-9,24H,1-2H3. The van der Waals surface area contributed by atoms with Crippen molar-refractivity contribution in [3.05, 3.63) is 68.9 Å². The maximum atomic E-state index is 12.6. The van der Waals surface area contributed by atoms with E-state index >= 15 is 0 Å². The van der Waals surface area contributed by atoms with Gasteiger partial charge in [-0.3, -0.25) is 10.1 Å². The Morgan fingerprint density at radius 1 is 1.13 bits per heavy atom. The molecule has 11 heteroatoms. The van der Waals surface area contributed by atoms with Crippen LogP contribution in [0.5, 0.6) is 5.75 Å². The normalized spacial score (nSPS) is 10.5. The fourth-order valence-electron chi connectivity index (χ4n) is 2.85. The van der Waals surface area contributed by atoms with E-state index in [0.29, 0.717) is 5.69 Å². The number of ether oxygens (including phenoxy) is 2. The number of methoxy groups -OCH3 is 2. The predicted octanol–water partition coefficient (Wildman–Crippen LogP) is 3.38. The first kappa shape index (κ1) is 20.8. The molecule has 1 N–H and O–H groups in total. The molecule has 10 nitrogen and oxygen atoms in total. The summed E-state index contributed by atoms with van der Waals surface area (Å²) < 4.78 is 10.7. The maximum Gasteiger partial charge on any atom is 0.357 e. The lowest BCUT2D eigenvalue weighted by Crippen LogP contribution is -2.15. The van der Waals surface area contributed by atoms with E-state index in [1.54, 1.807) is 30.3 Å². The second kappa shape index (κ2) is 8.21. The van der Waals surface area contributed by atoms with Crippen LogP contribution < -0.4 is 0 Å². The van der Waals surface area contributed by atoms with Gasteiger partial charge in [0.2, 0.25) is 5.75 Å². The van der Waals surface area contributed by atoms with E-state index in [4.69, 9.17) is 21.1 Å². The molecule has 0 aliphatic heterocycles. The van der Waals surface area contributed by atoms with Gasteiger partial charge >= 0.3 is 17.6 Å². The number of phenolic OH excluding ortho intramolecular Hbond substituents is 1. The molecule has 1 heterocycles. The summed E-state index contributed by atoms with van der Waals surface area (Å²) in [6.45, 7) is 0. The minimum Gasteiger partial charge on any atom is -0.502 e. The Kier molecular flexibility index (Phi) is 5.70. The van der Waals surface area contributed by atoms with Crippen molar-refractivity contribution in [3.63, 3.8) is 0 Å². The number of phenols is 1. The van der Waals surface area contributed by atoms with Gasteiger partial charge in [0.1, 0.15) is 11.3 Å². The van der Waals surface area contributed by atoms with Gasteiger partial charge < -0.3 is 14.6 Å². The largest absolute Gasteiger partial charge is 0.502 e. The number of aromatic hydroxyl groups is 1. The molecule has 1 aromatic heterocycles. The molecule has 30 heavy (non-hydrogen) atoms. The Bertz CT molecular complexity index is 1160. The van der Waals surface area contributed by atoms with Gasteiger partial charge in [-0.2, -0.15) is 5.10 Å². The SMILES string of the molecule is COC(=O)c1c(-c2cc(Cl)cc([N+](=O)[O-])c2O)nn(-c2ccccc2)c1C(=O)OC. The lowest BCUT2D eigenvalue weighted by atomic mass is 10.0. The Balaban J connectivity index is 2.44. The number of carbonyl (C=O) groups is 2. The van der Waals surface area contributed by atoms with E-state index in [2.05, 4.69) is 5.10 Å². The third-order valence-electron chi connectivity index (χ3n) is 4.16. The molecular formula is C19H14ClN3O7.